The van der Waals surface area contributed by atoms with Gasteiger partial charge in [0, 0.05) is 6.10 Å². The molecular weight excluding hydrogens is 176 g/mol. The molecular formula is C11H26OSi. The van der Waals surface area contributed by atoms with Crippen molar-refractivity contribution < 1.29 is 4.43 Å². The van der Waals surface area contributed by atoms with Gasteiger partial charge in [0.2, 0.25) is 0 Å². The SMILES string of the molecule is CCCCC(CCCC)O[SiH](C)C. The molecule has 80 valence electrons. The molecule has 0 aromatic heterocycles. The van der Waals surface area contributed by atoms with Crippen molar-refractivity contribution in [1.29, 1.82) is 0 Å². The molecule has 0 aliphatic heterocycles. The number of rotatable bonds is 8. The van der Waals surface area contributed by atoms with E-state index in [1.165, 1.54) is 38.5 Å². The maximum Gasteiger partial charge on any atom is 0.171 e. The van der Waals surface area contributed by atoms with E-state index in [-0.39, 0.29) is 0 Å². The minimum absolute atomic E-state index is 0.576. The summed E-state index contributed by atoms with van der Waals surface area (Å²) in [7, 11) is -0.814. The smallest absolute Gasteiger partial charge is 0.171 e. The lowest BCUT2D eigenvalue weighted by Gasteiger charge is -2.19. The highest BCUT2D eigenvalue weighted by Crippen LogP contribution is 2.13. The van der Waals surface area contributed by atoms with Crippen LogP contribution in [-0.4, -0.2) is 15.1 Å². The third-order valence-corrected chi connectivity index (χ3v) is 3.15. The van der Waals surface area contributed by atoms with Crippen LogP contribution >= 0.6 is 0 Å². The number of unbranched alkanes of at least 4 members (excludes halogenated alkanes) is 2. The average molecular weight is 202 g/mol. The van der Waals surface area contributed by atoms with E-state index in [1.54, 1.807) is 0 Å². The van der Waals surface area contributed by atoms with Crippen molar-refractivity contribution in [1.82, 2.24) is 0 Å². The summed E-state index contributed by atoms with van der Waals surface area (Å²) in [5.74, 6) is 0. The first-order chi connectivity index (χ1) is 6.20. The van der Waals surface area contributed by atoms with Crippen molar-refractivity contribution in [2.24, 2.45) is 0 Å². The third-order valence-electron chi connectivity index (χ3n) is 2.22. The molecule has 0 spiro atoms. The Hall–Kier alpha value is 0.177. The quantitative estimate of drug-likeness (QED) is 0.545. The van der Waals surface area contributed by atoms with E-state index >= 15 is 0 Å². The molecule has 0 fully saturated rings. The molecule has 13 heavy (non-hydrogen) atoms. The molecule has 2 heteroatoms. The Kier molecular flexibility index (Phi) is 8.88. The van der Waals surface area contributed by atoms with Crippen molar-refractivity contribution in [3.63, 3.8) is 0 Å². The van der Waals surface area contributed by atoms with Gasteiger partial charge in [-0.3, -0.25) is 0 Å². The van der Waals surface area contributed by atoms with Crippen LogP contribution in [0.2, 0.25) is 13.1 Å². The van der Waals surface area contributed by atoms with Crippen LogP contribution < -0.4 is 0 Å². The minimum atomic E-state index is -0.814. The molecule has 0 aromatic carbocycles. The lowest BCUT2D eigenvalue weighted by Crippen LogP contribution is -2.20. The van der Waals surface area contributed by atoms with Crippen LogP contribution in [0, 0.1) is 0 Å². The first kappa shape index (κ1) is 13.2. The zero-order valence-electron chi connectivity index (χ0n) is 9.81. The number of hydrogen-bond acceptors (Lipinski definition) is 1. The summed E-state index contributed by atoms with van der Waals surface area (Å²) in [4.78, 5) is 0. The summed E-state index contributed by atoms with van der Waals surface area (Å²) in [6, 6.07) is 0. The Morgan fingerprint density at radius 1 is 1.00 bits per heavy atom. The summed E-state index contributed by atoms with van der Waals surface area (Å²) in [5, 5.41) is 0. The Balaban J connectivity index is 3.60. The van der Waals surface area contributed by atoms with Crippen LogP contribution in [0.25, 0.3) is 0 Å². The Bertz CT molecular complexity index is 96.3. The van der Waals surface area contributed by atoms with Gasteiger partial charge in [-0.25, -0.2) is 0 Å². The van der Waals surface area contributed by atoms with Gasteiger partial charge in [0.25, 0.3) is 0 Å². The lowest BCUT2D eigenvalue weighted by molar-refractivity contribution is 0.176. The Labute approximate surface area is 85.6 Å². The second-order valence-corrected chi connectivity index (χ2v) is 6.46. The van der Waals surface area contributed by atoms with E-state index in [2.05, 4.69) is 26.9 Å². The van der Waals surface area contributed by atoms with Gasteiger partial charge >= 0.3 is 0 Å². The van der Waals surface area contributed by atoms with E-state index < -0.39 is 9.04 Å². The molecule has 0 saturated heterocycles. The summed E-state index contributed by atoms with van der Waals surface area (Å²) >= 11 is 0. The van der Waals surface area contributed by atoms with Crippen molar-refractivity contribution in [3.8, 4) is 0 Å². The van der Waals surface area contributed by atoms with Gasteiger partial charge in [-0.2, -0.15) is 0 Å². The summed E-state index contributed by atoms with van der Waals surface area (Å²) in [6.07, 6.45) is 8.39. The molecule has 0 unspecified atom stereocenters. The van der Waals surface area contributed by atoms with Crippen LogP contribution in [0.3, 0.4) is 0 Å². The van der Waals surface area contributed by atoms with Gasteiger partial charge in [-0.1, -0.05) is 39.5 Å². The first-order valence-electron chi connectivity index (χ1n) is 5.86. The molecule has 0 radical (unpaired) electrons. The van der Waals surface area contributed by atoms with Gasteiger partial charge in [-0.05, 0) is 25.9 Å². The summed E-state index contributed by atoms with van der Waals surface area (Å²) in [5.41, 5.74) is 0. The molecule has 0 aromatic rings. The second-order valence-electron chi connectivity index (χ2n) is 4.09. The topological polar surface area (TPSA) is 9.23 Å². The first-order valence-corrected chi connectivity index (χ1v) is 8.64. The standard InChI is InChI=1S/C11H26OSi/c1-5-7-9-11(10-8-6-2)12-13(3)4/h11,13H,5-10H2,1-4H3. The summed E-state index contributed by atoms with van der Waals surface area (Å²) < 4.78 is 5.99. The van der Waals surface area contributed by atoms with E-state index in [9.17, 15) is 0 Å². The predicted octanol–water partition coefficient (Wildman–Crippen LogP) is 3.74. The highest BCUT2D eigenvalue weighted by atomic mass is 28.3. The van der Waals surface area contributed by atoms with E-state index in [0.717, 1.165) is 0 Å². The van der Waals surface area contributed by atoms with Crippen molar-refractivity contribution in [2.75, 3.05) is 0 Å². The molecule has 0 aliphatic carbocycles. The fourth-order valence-electron chi connectivity index (χ4n) is 1.53. The fraction of sp³-hybridized carbons (Fsp3) is 1.00. The van der Waals surface area contributed by atoms with Crippen LogP contribution in [0.4, 0.5) is 0 Å². The highest BCUT2D eigenvalue weighted by Gasteiger charge is 2.09. The van der Waals surface area contributed by atoms with E-state index in [0.29, 0.717) is 6.10 Å². The van der Waals surface area contributed by atoms with E-state index in [4.69, 9.17) is 4.43 Å². The molecule has 0 rings (SSSR count). The Morgan fingerprint density at radius 2 is 1.46 bits per heavy atom. The molecule has 1 nitrogen and oxygen atoms in total. The summed E-state index contributed by atoms with van der Waals surface area (Å²) in [6.45, 7) is 9.04. The zero-order chi connectivity index (χ0) is 10.1. The molecule has 0 N–H and O–H groups in total. The zero-order valence-corrected chi connectivity index (χ0v) is 11.0. The largest absolute Gasteiger partial charge is 0.418 e. The van der Waals surface area contributed by atoms with Gasteiger partial charge in [-0.15, -0.1) is 0 Å². The van der Waals surface area contributed by atoms with Crippen LogP contribution in [0.5, 0.6) is 0 Å². The molecule has 0 heterocycles. The van der Waals surface area contributed by atoms with Crippen molar-refractivity contribution >= 4 is 9.04 Å². The lowest BCUT2D eigenvalue weighted by atomic mass is 10.1. The molecule has 0 aliphatic rings. The molecule has 0 atom stereocenters. The molecule has 0 saturated carbocycles. The van der Waals surface area contributed by atoms with E-state index in [1.807, 2.05) is 0 Å². The third kappa shape index (κ3) is 8.51. The van der Waals surface area contributed by atoms with Gasteiger partial charge in [0.05, 0.1) is 0 Å². The average Bonchev–Trinajstić information content (AvgIpc) is 2.09. The van der Waals surface area contributed by atoms with Crippen LogP contribution in [0.15, 0.2) is 0 Å². The molecule has 0 bridgehead atoms. The van der Waals surface area contributed by atoms with Gasteiger partial charge in [0.15, 0.2) is 9.04 Å². The monoisotopic (exact) mass is 202 g/mol. The number of hydrogen-bond donors (Lipinski definition) is 0. The van der Waals surface area contributed by atoms with Crippen molar-refractivity contribution in [2.45, 2.75) is 71.6 Å². The van der Waals surface area contributed by atoms with Crippen LogP contribution in [-0.2, 0) is 4.43 Å². The predicted molar refractivity (Wildman–Crippen MR) is 62.8 cm³/mol. The second kappa shape index (κ2) is 8.76. The van der Waals surface area contributed by atoms with Crippen LogP contribution in [0.1, 0.15) is 52.4 Å². The fourth-order valence-corrected chi connectivity index (χ4v) is 2.57. The van der Waals surface area contributed by atoms with Gasteiger partial charge < -0.3 is 4.43 Å². The highest BCUT2D eigenvalue weighted by molar-refractivity contribution is 6.48. The maximum atomic E-state index is 5.99. The normalized spacial score (nSPS) is 11.5. The maximum absolute atomic E-state index is 5.99. The minimum Gasteiger partial charge on any atom is -0.418 e. The molecule has 0 amide bonds. The Morgan fingerprint density at radius 3 is 1.77 bits per heavy atom. The van der Waals surface area contributed by atoms with Gasteiger partial charge in [0.1, 0.15) is 0 Å². The van der Waals surface area contributed by atoms with Crippen molar-refractivity contribution in [3.05, 3.63) is 0 Å².